The highest BCUT2D eigenvalue weighted by Gasteiger charge is 2.40. The molecule has 0 saturated heterocycles. The lowest BCUT2D eigenvalue weighted by Crippen LogP contribution is -2.28. The second kappa shape index (κ2) is 5.36. The van der Waals surface area contributed by atoms with E-state index in [9.17, 15) is 27.7 Å². The van der Waals surface area contributed by atoms with Crippen LogP contribution in [0.1, 0.15) is 11.6 Å². The van der Waals surface area contributed by atoms with Gasteiger partial charge in [0.05, 0.1) is 11.0 Å². The van der Waals surface area contributed by atoms with Crippen molar-refractivity contribution in [1.29, 1.82) is 0 Å². The van der Waals surface area contributed by atoms with E-state index in [-0.39, 0.29) is 12.4 Å². The predicted molar refractivity (Wildman–Crippen MR) is 55.0 cm³/mol. The summed E-state index contributed by atoms with van der Waals surface area (Å²) in [6.45, 7) is 0. The van der Waals surface area contributed by atoms with Crippen LogP contribution >= 0.6 is 12.4 Å². The summed E-state index contributed by atoms with van der Waals surface area (Å²) in [5.41, 5.74) is 2.74. The number of hydrogen-bond donors (Lipinski definition) is 2. The van der Waals surface area contributed by atoms with Crippen LogP contribution in [-0.2, 0) is 0 Å². The number of nitro benzene ring substituents is 1. The maximum Gasteiger partial charge on any atom is 0.407 e. The van der Waals surface area contributed by atoms with Gasteiger partial charge < -0.3 is 10.8 Å². The number of halogens is 5. The van der Waals surface area contributed by atoms with Gasteiger partial charge in [-0.3, -0.25) is 10.1 Å². The summed E-state index contributed by atoms with van der Waals surface area (Å²) in [4.78, 5) is 9.24. The van der Waals surface area contributed by atoms with Crippen LogP contribution in [0.2, 0.25) is 0 Å². The smallest absolute Gasteiger partial charge is 0.407 e. The Morgan fingerprint density at radius 1 is 1.39 bits per heavy atom. The van der Waals surface area contributed by atoms with Crippen molar-refractivity contribution in [1.82, 2.24) is 0 Å². The fourth-order valence-electron chi connectivity index (χ4n) is 1.12. The number of aromatic hydroxyl groups is 1. The van der Waals surface area contributed by atoms with E-state index < -0.39 is 40.0 Å². The molecule has 1 atom stereocenters. The van der Waals surface area contributed by atoms with Crippen LogP contribution in [0.3, 0.4) is 0 Å². The normalized spacial score (nSPS) is 12.7. The van der Waals surface area contributed by atoms with E-state index >= 15 is 0 Å². The first kappa shape index (κ1) is 16.4. The van der Waals surface area contributed by atoms with Gasteiger partial charge in [0.25, 0.3) is 5.69 Å². The minimum absolute atomic E-state index is 0. The van der Waals surface area contributed by atoms with E-state index in [4.69, 9.17) is 10.8 Å². The number of nitrogens with two attached hydrogens (primary N) is 1. The molecule has 0 amide bonds. The van der Waals surface area contributed by atoms with E-state index in [0.29, 0.717) is 12.1 Å². The molecular formula is C8H7ClF4N2O3. The highest BCUT2D eigenvalue weighted by Crippen LogP contribution is 2.38. The van der Waals surface area contributed by atoms with Crippen LogP contribution in [0.25, 0.3) is 0 Å². The Kier molecular flexibility index (Phi) is 4.88. The number of phenols is 1. The number of alkyl halides is 3. The Bertz CT molecular complexity index is 466. The van der Waals surface area contributed by atoms with Gasteiger partial charge in [0.2, 0.25) is 0 Å². The zero-order valence-corrected chi connectivity index (χ0v) is 9.26. The van der Waals surface area contributed by atoms with Crippen molar-refractivity contribution in [3.63, 3.8) is 0 Å². The van der Waals surface area contributed by atoms with Gasteiger partial charge in [-0.15, -0.1) is 12.4 Å². The molecule has 0 aromatic heterocycles. The summed E-state index contributed by atoms with van der Waals surface area (Å²) < 4.78 is 49.7. The van der Waals surface area contributed by atoms with Gasteiger partial charge in [0, 0.05) is 11.6 Å². The number of benzene rings is 1. The molecule has 1 rings (SSSR count). The number of non-ortho nitro benzene ring substituents is 1. The van der Waals surface area contributed by atoms with E-state index in [0.717, 1.165) is 0 Å². The van der Waals surface area contributed by atoms with Crippen molar-refractivity contribution < 1.29 is 27.6 Å². The molecule has 0 saturated carbocycles. The third kappa shape index (κ3) is 3.20. The van der Waals surface area contributed by atoms with Crippen molar-refractivity contribution in [2.24, 2.45) is 5.73 Å². The molecule has 5 nitrogen and oxygen atoms in total. The third-order valence-electron chi connectivity index (χ3n) is 1.98. The van der Waals surface area contributed by atoms with Gasteiger partial charge in [0.15, 0.2) is 11.6 Å². The quantitative estimate of drug-likeness (QED) is 0.497. The molecule has 0 aliphatic heterocycles. The van der Waals surface area contributed by atoms with Crippen LogP contribution in [0.5, 0.6) is 5.75 Å². The summed E-state index contributed by atoms with van der Waals surface area (Å²) in [6.07, 6.45) is -4.95. The van der Waals surface area contributed by atoms with E-state index in [1.807, 2.05) is 0 Å². The lowest BCUT2D eigenvalue weighted by molar-refractivity contribution is -0.385. The SMILES string of the molecule is Cl.N[C@@H](c1cc([N+](=O)[O-])cc(F)c1O)C(F)(F)F. The first-order valence-electron chi connectivity index (χ1n) is 4.13. The molecule has 1 aromatic carbocycles. The maximum atomic E-state index is 13.0. The number of rotatable bonds is 2. The number of phenolic OH excluding ortho intramolecular Hbond substituents is 1. The first-order valence-corrected chi connectivity index (χ1v) is 4.13. The lowest BCUT2D eigenvalue weighted by Gasteiger charge is -2.16. The fourth-order valence-corrected chi connectivity index (χ4v) is 1.12. The largest absolute Gasteiger partial charge is 0.505 e. The molecule has 0 fully saturated rings. The Labute approximate surface area is 104 Å². The van der Waals surface area contributed by atoms with Gasteiger partial charge in [-0.1, -0.05) is 0 Å². The molecule has 0 bridgehead atoms. The number of hydrogen-bond acceptors (Lipinski definition) is 4. The predicted octanol–water partition coefficient (Wildman–Crippen LogP) is 2.42. The molecule has 10 heteroatoms. The molecule has 0 radical (unpaired) electrons. The fraction of sp³-hybridized carbons (Fsp3) is 0.250. The van der Waals surface area contributed by atoms with Crippen molar-refractivity contribution in [2.75, 3.05) is 0 Å². The van der Waals surface area contributed by atoms with Crippen molar-refractivity contribution >= 4 is 18.1 Å². The Morgan fingerprint density at radius 2 is 1.89 bits per heavy atom. The molecule has 0 unspecified atom stereocenters. The van der Waals surface area contributed by atoms with Crippen LogP contribution in [0.15, 0.2) is 12.1 Å². The zero-order valence-electron chi connectivity index (χ0n) is 8.44. The molecule has 1 aromatic rings. The monoisotopic (exact) mass is 290 g/mol. The third-order valence-corrected chi connectivity index (χ3v) is 1.98. The molecule has 18 heavy (non-hydrogen) atoms. The van der Waals surface area contributed by atoms with Gasteiger partial charge >= 0.3 is 6.18 Å². The minimum atomic E-state index is -4.95. The summed E-state index contributed by atoms with van der Waals surface area (Å²) in [5.74, 6) is -2.88. The standard InChI is InChI=1S/C8H6F4N2O3.ClH/c9-5-2-3(14(16)17)1-4(6(5)15)7(13)8(10,11)12;/h1-2,7,15H,13H2;1H/t7-;/m0./s1. The van der Waals surface area contributed by atoms with Crippen LogP contribution in [-0.4, -0.2) is 16.2 Å². The highest BCUT2D eigenvalue weighted by atomic mass is 35.5. The van der Waals surface area contributed by atoms with E-state index in [2.05, 4.69) is 0 Å². The van der Waals surface area contributed by atoms with E-state index in [1.165, 1.54) is 0 Å². The van der Waals surface area contributed by atoms with E-state index in [1.54, 1.807) is 0 Å². The van der Waals surface area contributed by atoms with Gasteiger partial charge in [-0.25, -0.2) is 4.39 Å². The van der Waals surface area contributed by atoms with Gasteiger partial charge in [-0.2, -0.15) is 13.2 Å². The molecular weight excluding hydrogens is 284 g/mol. The Balaban J connectivity index is 0.00000289. The number of nitro groups is 1. The lowest BCUT2D eigenvalue weighted by atomic mass is 10.0. The number of nitrogens with zero attached hydrogens (tertiary/aromatic N) is 1. The van der Waals surface area contributed by atoms with Crippen molar-refractivity contribution in [2.45, 2.75) is 12.2 Å². The van der Waals surface area contributed by atoms with Gasteiger partial charge in [0.1, 0.15) is 6.04 Å². The minimum Gasteiger partial charge on any atom is -0.505 e. The second-order valence-corrected chi connectivity index (χ2v) is 3.14. The van der Waals surface area contributed by atoms with Crippen molar-refractivity contribution in [3.05, 3.63) is 33.6 Å². The Morgan fingerprint density at radius 3 is 2.28 bits per heavy atom. The van der Waals surface area contributed by atoms with Crippen molar-refractivity contribution in [3.8, 4) is 5.75 Å². The average Bonchev–Trinajstić information content (AvgIpc) is 2.19. The molecule has 0 heterocycles. The molecule has 0 spiro atoms. The van der Waals surface area contributed by atoms with Crippen LogP contribution in [0.4, 0.5) is 23.2 Å². The topological polar surface area (TPSA) is 89.4 Å². The first-order chi connectivity index (χ1) is 7.64. The summed E-state index contributed by atoms with van der Waals surface area (Å²) in [7, 11) is 0. The molecule has 0 aliphatic carbocycles. The molecule has 0 aliphatic rings. The summed E-state index contributed by atoms with van der Waals surface area (Å²) >= 11 is 0. The summed E-state index contributed by atoms with van der Waals surface area (Å²) in [5, 5.41) is 19.4. The van der Waals surface area contributed by atoms with Crippen LogP contribution in [0, 0.1) is 15.9 Å². The maximum absolute atomic E-state index is 13.0. The second-order valence-electron chi connectivity index (χ2n) is 3.14. The molecule has 3 N–H and O–H groups in total. The average molecular weight is 291 g/mol. The molecule has 102 valence electrons. The van der Waals surface area contributed by atoms with Crippen LogP contribution < -0.4 is 5.73 Å². The summed E-state index contributed by atoms with van der Waals surface area (Å²) in [6, 6.07) is -2.00. The highest BCUT2D eigenvalue weighted by molar-refractivity contribution is 5.85. The Hall–Kier alpha value is -1.61. The zero-order chi connectivity index (χ0) is 13.4. The van der Waals surface area contributed by atoms with Gasteiger partial charge in [-0.05, 0) is 0 Å².